The third-order valence-corrected chi connectivity index (χ3v) is 3.88. The number of aromatic amines is 1. The van der Waals surface area contributed by atoms with Crippen molar-refractivity contribution < 1.29 is 4.79 Å². The molecule has 0 saturated heterocycles. The number of carbonyl (C=O) groups excluding carboxylic acids is 1. The fourth-order valence-electron chi connectivity index (χ4n) is 2.66. The van der Waals surface area contributed by atoms with Crippen molar-refractivity contribution in [3.8, 4) is 22.5 Å². The van der Waals surface area contributed by atoms with Crippen LogP contribution in [-0.4, -0.2) is 21.6 Å². The minimum absolute atomic E-state index is 0.0883. The predicted octanol–water partition coefficient (Wildman–Crippen LogP) is 4.58. The van der Waals surface area contributed by atoms with Gasteiger partial charge >= 0.3 is 0 Å². The summed E-state index contributed by atoms with van der Waals surface area (Å²) in [4.78, 5) is 12.6. The van der Waals surface area contributed by atoms with Gasteiger partial charge in [-0.15, -0.1) is 0 Å². The Balaban J connectivity index is 1.95. The Morgan fingerprint density at radius 2 is 1.72 bits per heavy atom. The number of rotatable bonds is 3. The van der Waals surface area contributed by atoms with Crippen LogP contribution < -0.4 is 5.32 Å². The van der Waals surface area contributed by atoms with E-state index >= 15 is 0 Å². The summed E-state index contributed by atoms with van der Waals surface area (Å²) >= 11 is 0. The molecule has 128 valence electrons. The Hall–Kier alpha value is -2.88. The minimum Gasteiger partial charge on any atom is -0.347 e. The second-order valence-electron chi connectivity index (χ2n) is 7.28. The van der Waals surface area contributed by atoms with Crippen LogP contribution in [0, 0.1) is 6.92 Å². The molecular weight excluding hydrogens is 310 g/mol. The molecule has 2 N–H and O–H groups in total. The molecule has 0 aliphatic heterocycles. The molecule has 0 bridgehead atoms. The smallest absolute Gasteiger partial charge is 0.252 e. The molecular formula is C21H23N3O. The molecule has 4 nitrogen and oxygen atoms in total. The average Bonchev–Trinajstić information content (AvgIpc) is 3.04. The first-order chi connectivity index (χ1) is 11.8. The van der Waals surface area contributed by atoms with Gasteiger partial charge in [0.25, 0.3) is 5.91 Å². The lowest BCUT2D eigenvalue weighted by atomic mass is 10.0. The van der Waals surface area contributed by atoms with Crippen LogP contribution in [0.4, 0.5) is 0 Å². The Labute approximate surface area is 148 Å². The third kappa shape index (κ3) is 3.97. The summed E-state index contributed by atoms with van der Waals surface area (Å²) in [5, 5.41) is 10.5. The van der Waals surface area contributed by atoms with Crippen LogP contribution in [0.2, 0.25) is 0 Å². The highest BCUT2D eigenvalue weighted by Gasteiger charge is 2.19. The number of benzene rings is 2. The van der Waals surface area contributed by atoms with Crippen LogP contribution in [-0.2, 0) is 0 Å². The summed E-state index contributed by atoms with van der Waals surface area (Å²) in [5.74, 6) is -0.0883. The molecule has 0 aliphatic carbocycles. The molecule has 0 saturated carbocycles. The zero-order valence-electron chi connectivity index (χ0n) is 15.1. The van der Waals surface area contributed by atoms with Crippen molar-refractivity contribution >= 4 is 5.91 Å². The molecule has 0 fully saturated rings. The number of nitrogens with one attached hydrogen (secondary N) is 2. The molecule has 0 spiro atoms. The van der Waals surface area contributed by atoms with Crippen LogP contribution in [0.3, 0.4) is 0 Å². The van der Waals surface area contributed by atoms with Gasteiger partial charge in [-0.1, -0.05) is 48.0 Å². The Bertz CT molecular complexity index is 886. The van der Waals surface area contributed by atoms with Gasteiger partial charge in [0.2, 0.25) is 0 Å². The van der Waals surface area contributed by atoms with Gasteiger partial charge < -0.3 is 5.32 Å². The van der Waals surface area contributed by atoms with Crippen molar-refractivity contribution in [2.45, 2.75) is 33.2 Å². The van der Waals surface area contributed by atoms with E-state index in [1.807, 2.05) is 63.2 Å². The zero-order valence-corrected chi connectivity index (χ0v) is 15.1. The lowest BCUT2D eigenvalue weighted by Crippen LogP contribution is -2.40. The third-order valence-electron chi connectivity index (χ3n) is 3.88. The number of hydrogen-bond donors (Lipinski definition) is 2. The first-order valence-electron chi connectivity index (χ1n) is 8.38. The molecule has 3 aromatic rings. The topological polar surface area (TPSA) is 57.8 Å². The second kappa shape index (κ2) is 6.55. The fourth-order valence-corrected chi connectivity index (χ4v) is 2.66. The molecule has 3 rings (SSSR count). The van der Waals surface area contributed by atoms with Gasteiger partial charge in [-0.25, -0.2) is 0 Å². The van der Waals surface area contributed by atoms with Crippen molar-refractivity contribution in [3.63, 3.8) is 0 Å². The highest BCUT2D eigenvalue weighted by molar-refractivity contribution is 6.01. The largest absolute Gasteiger partial charge is 0.347 e. The molecule has 0 aliphatic rings. The van der Waals surface area contributed by atoms with Gasteiger partial charge in [0, 0.05) is 22.2 Å². The lowest BCUT2D eigenvalue weighted by molar-refractivity contribution is 0.0920. The van der Waals surface area contributed by atoms with Crippen LogP contribution in [0.15, 0.2) is 54.6 Å². The molecule has 0 radical (unpaired) electrons. The molecule has 25 heavy (non-hydrogen) atoms. The van der Waals surface area contributed by atoms with E-state index in [4.69, 9.17) is 0 Å². The van der Waals surface area contributed by atoms with Gasteiger partial charge in [-0.2, -0.15) is 5.10 Å². The van der Waals surface area contributed by atoms with Gasteiger partial charge in [-0.3, -0.25) is 9.89 Å². The summed E-state index contributed by atoms with van der Waals surface area (Å²) in [5.41, 5.74) is 5.14. The fraction of sp³-hybridized carbons (Fsp3) is 0.238. The SMILES string of the molecule is Cc1ccc(-c2cc(-c3ccccc3C(=O)NC(C)(C)C)[nH]n2)cc1. The monoisotopic (exact) mass is 333 g/mol. The second-order valence-corrected chi connectivity index (χ2v) is 7.28. The quantitative estimate of drug-likeness (QED) is 0.737. The van der Waals surface area contributed by atoms with Gasteiger partial charge in [-0.05, 0) is 39.8 Å². The molecule has 0 atom stereocenters. The number of H-pyrrole nitrogens is 1. The number of aryl methyl sites for hydroxylation is 1. The van der Waals surface area contributed by atoms with E-state index < -0.39 is 0 Å². The zero-order chi connectivity index (χ0) is 18.0. The van der Waals surface area contributed by atoms with Gasteiger partial charge in [0.05, 0.1) is 11.4 Å². The number of nitrogens with zero attached hydrogens (tertiary/aromatic N) is 1. The van der Waals surface area contributed by atoms with Crippen LogP contribution in [0.5, 0.6) is 0 Å². The van der Waals surface area contributed by atoms with Crippen molar-refractivity contribution in [3.05, 3.63) is 65.7 Å². The van der Waals surface area contributed by atoms with Crippen molar-refractivity contribution in [2.75, 3.05) is 0 Å². The maximum absolute atomic E-state index is 12.6. The molecule has 0 unspecified atom stereocenters. The van der Waals surface area contributed by atoms with E-state index in [0.29, 0.717) is 5.56 Å². The number of hydrogen-bond acceptors (Lipinski definition) is 2. The molecule has 1 aromatic heterocycles. The number of amides is 1. The van der Waals surface area contributed by atoms with Crippen molar-refractivity contribution in [1.29, 1.82) is 0 Å². The Morgan fingerprint density at radius 3 is 2.40 bits per heavy atom. The standard InChI is InChI=1S/C21H23N3O/c1-14-9-11-15(12-10-14)18-13-19(24-23-18)16-7-5-6-8-17(16)20(25)22-21(2,3)4/h5-13H,1-4H3,(H,22,25)(H,23,24). The van der Waals surface area contributed by atoms with E-state index in [9.17, 15) is 4.79 Å². The highest BCUT2D eigenvalue weighted by Crippen LogP contribution is 2.27. The minimum atomic E-state index is -0.286. The van der Waals surface area contributed by atoms with E-state index in [-0.39, 0.29) is 11.4 Å². The summed E-state index contributed by atoms with van der Waals surface area (Å²) in [6.07, 6.45) is 0. The first kappa shape index (κ1) is 17.0. The van der Waals surface area contributed by atoms with Crippen molar-refractivity contribution in [2.24, 2.45) is 0 Å². The Kier molecular flexibility index (Phi) is 4.45. The number of aromatic nitrogens is 2. The summed E-state index contributed by atoms with van der Waals surface area (Å²) < 4.78 is 0. The van der Waals surface area contributed by atoms with E-state index in [1.165, 1.54) is 5.56 Å². The maximum Gasteiger partial charge on any atom is 0.252 e. The van der Waals surface area contributed by atoms with Crippen LogP contribution in [0.1, 0.15) is 36.7 Å². The number of carbonyl (C=O) groups is 1. The average molecular weight is 333 g/mol. The van der Waals surface area contributed by atoms with Crippen molar-refractivity contribution in [1.82, 2.24) is 15.5 Å². The van der Waals surface area contributed by atoms with Crippen LogP contribution in [0.25, 0.3) is 22.5 Å². The van der Waals surface area contributed by atoms with Gasteiger partial charge in [0.1, 0.15) is 0 Å². The van der Waals surface area contributed by atoms with Crippen LogP contribution >= 0.6 is 0 Å². The molecule has 4 heteroatoms. The first-order valence-corrected chi connectivity index (χ1v) is 8.38. The lowest BCUT2D eigenvalue weighted by Gasteiger charge is -2.21. The van der Waals surface area contributed by atoms with E-state index in [0.717, 1.165) is 22.5 Å². The molecule has 2 aromatic carbocycles. The maximum atomic E-state index is 12.6. The normalized spacial score (nSPS) is 11.4. The Morgan fingerprint density at radius 1 is 1.04 bits per heavy atom. The molecule has 1 amide bonds. The van der Waals surface area contributed by atoms with E-state index in [1.54, 1.807) is 0 Å². The van der Waals surface area contributed by atoms with Gasteiger partial charge in [0.15, 0.2) is 0 Å². The summed E-state index contributed by atoms with van der Waals surface area (Å²) in [7, 11) is 0. The summed E-state index contributed by atoms with van der Waals surface area (Å²) in [6, 6.07) is 17.8. The van der Waals surface area contributed by atoms with E-state index in [2.05, 4.69) is 34.6 Å². The summed E-state index contributed by atoms with van der Waals surface area (Å²) in [6.45, 7) is 7.97. The molecule has 1 heterocycles. The predicted molar refractivity (Wildman–Crippen MR) is 101 cm³/mol. The highest BCUT2D eigenvalue weighted by atomic mass is 16.1.